The Bertz CT molecular complexity index is 549. The highest BCUT2D eigenvalue weighted by atomic mass is 32.2. The minimum atomic E-state index is -3.49. The number of amides is 1. The number of nitrogen functional groups attached to an aromatic ring is 1. The summed E-state index contributed by atoms with van der Waals surface area (Å²) in [5.41, 5.74) is 10.9. The molecule has 1 amide bonds. The first-order valence-corrected chi connectivity index (χ1v) is 8.00. The number of nitrogens with two attached hydrogens (primary N) is 2. The second kappa shape index (κ2) is 5.57. The van der Waals surface area contributed by atoms with Gasteiger partial charge in [-0.3, -0.25) is 4.79 Å². The van der Waals surface area contributed by atoms with Crippen LogP contribution in [0, 0.1) is 0 Å². The van der Waals surface area contributed by atoms with Gasteiger partial charge in [0.2, 0.25) is 0 Å². The second-order valence-electron chi connectivity index (χ2n) is 3.70. The number of anilines is 2. The molecule has 0 fully saturated rings. The minimum absolute atomic E-state index is 0.00255. The third kappa shape index (κ3) is 2.75. The van der Waals surface area contributed by atoms with Gasteiger partial charge in [-0.2, -0.15) is 0 Å². The molecular formula is C10H17N3O3S2. The molecule has 8 heteroatoms. The summed E-state index contributed by atoms with van der Waals surface area (Å²) < 4.78 is 24.0. The van der Waals surface area contributed by atoms with Crippen LogP contribution in [-0.2, 0) is 9.84 Å². The van der Waals surface area contributed by atoms with E-state index in [1.807, 2.05) is 6.92 Å². The third-order valence-electron chi connectivity index (χ3n) is 2.35. The highest BCUT2D eigenvalue weighted by Gasteiger charge is 2.27. The van der Waals surface area contributed by atoms with Crippen LogP contribution in [0.3, 0.4) is 0 Å². The van der Waals surface area contributed by atoms with Crippen LogP contribution in [0.5, 0.6) is 0 Å². The zero-order chi connectivity index (χ0) is 13.9. The first kappa shape index (κ1) is 14.8. The average molecular weight is 291 g/mol. The van der Waals surface area contributed by atoms with Crippen LogP contribution >= 0.6 is 11.3 Å². The van der Waals surface area contributed by atoms with Gasteiger partial charge in [-0.25, -0.2) is 8.42 Å². The molecule has 0 radical (unpaired) electrons. The molecule has 0 aliphatic rings. The van der Waals surface area contributed by atoms with Crippen molar-refractivity contribution in [3.8, 4) is 0 Å². The van der Waals surface area contributed by atoms with Gasteiger partial charge in [0.05, 0.1) is 11.4 Å². The van der Waals surface area contributed by atoms with Crippen molar-refractivity contribution in [2.45, 2.75) is 25.2 Å². The third-order valence-corrected chi connectivity index (χ3v) is 5.46. The summed E-state index contributed by atoms with van der Waals surface area (Å²) in [6.45, 7) is 4.08. The van der Waals surface area contributed by atoms with E-state index in [-0.39, 0.29) is 21.2 Å². The van der Waals surface area contributed by atoms with E-state index in [2.05, 4.69) is 5.32 Å². The maximum atomic E-state index is 12.0. The maximum Gasteiger partial charge on any atom is 0.261 e. The zero-order valence-electron chi connectivity index (χ0n) is 10.3. The Morgan fingerprint density at radius 1 is 1.39 bits per heavy atom. The number of sulfone groups is 1. The van der Waals surface area contributed by atoms with Crippen molar-refractivity contribution in [3.63, 3.8) is 0 Å². The molecule has 0 unspecified atom stereocenters. The van der Waals surface area contributed by atoms with E-state index in [4.69, 9.17) is 11.5 Å². The number of hydrogen-bond donors (Lipinski definition) is 3. The molecule has 0 aliphatic carbocycles. The zero-order valence-corrected chi connectivity index (χ0v) is 12.0. The van der Waals surface area contributed by atoms with Crippen molar-refractivity contribution in [1.82, 2.24) is 0 Å². The standard InChI is InChI=1S/C10H17N3O3S2/c1-3-5-13-10-8(18(15,16)4-2)6(11)7(17-10)9(12)14/h13H,3-5,11H2,1-2H3,(H2,12,14). The number of rotatable bonds is 6. The molecule has 0 aliphatic heterocycles. The van der Waals surface area contributed by atoms with E-state index in [1.165, 1.54) is 6.92 Å². The van der Waals surface area contributed by atoms with E-state index < -0.39 is 15.7 Å². The Morgan fingerprint density at radius 3 is 2.44 bits per heavy atom. The lowest BCUT2D eigenvalue weighted by Crippen LogP contribution is -2.13. The SMILES string of the molecule is CCCNc1sc(C(N)=O)c(N)c1S(=O)(=O)CC. The Labute approximate surface area is 110 Å². The number of carbonyl (C=O) groups is 1. The molecule has 1 heterocycles. The molecule has 18 heavy (non-hydrogen) atoms. The number of nitrogens with one attached hydrogen (secondary N) is 1. The van der Waals surface area contributed by atoms with Gasteiger partial charge >= 0.3 is 0 Å². The van der Waals surface area contributed by atoms with E-state index in [9.17, 15) is 13.2 Å². The van der Waals surface area contributed by atoms with Crippen molar-refractivity contribution in [1.29, 1.82) is 0 Å². The van der Waals surface area contributed by atoms with Gasteiger partial charge in [-0.1, -0.05) is 13.8 Å². The van der Waals surface area contributed by atoms with Gasteiger partial charge in [0.1, 0.15) is 14.8 Å². The van der Waals surface area contributed by atoms with Crippen LogP contribution in [0.15, 0.2) is 4.90 Å². The van der Waals surface area contributed by atoms with Gasteiger partial charge in [0.25, 0.3) is 5.91 Å². The summed E-state index contributed by atoms with van der Waals surface area (Å²) >= 11 is 0.987. The van der Waals surface area contributed by atoms with Gasteiger partial charge < -0.3 is 16.8 Å². The van der Waals surface area contributed by atoms with Crippen molar-refractivity contribution in [2.75, 3.05) is 23.3 Å². The van der Waals surface area contributed by atoms with Crippen molar-refractivity contribution in [2.24, 2.45) is 5.73 Å². The highest BCUT2D eigenvalue weighted by Crippen LogP contribution is 2.39. The van der Waals surface area contributed by atoms with E-state index in [1.54, 1.807) is 0 Å². The first-order chi connectivity index (χ1) is 8.35. The fraction of sp³-hybridized carbons (Fsp3) is 0.500. The fourth-order valence-electron chi connectivity index (χ4n) is 1.42. The molecule has 0 aromatic carbocycles. The Morgan fingerprint density at radius 2 is 2.00 bits per heavy atom. The van der Waals surface area contributed by atoms with Crippen LogP contribution in [0.1, 0.15) is 29.9 Å². The van der Waals surface area contributed by atoms with Crippen LogP contribution in [-0.4, -0.2) is 26.6 Å². The number of hydrogen-bond acceptors (Lipinski definition) is 6. The monoisotopic (exact) mass is 291 g/mol. The molecule has 5 N–H and O–H groups in total. The second-order valence-corrected chi connectivity index (χ2v) is 6.93. The quantitative estimate of drug-likeness (QED) is 0.724. The Hall–Kier alpha value is -1.28. The molecule has 6 nitrogen and oxygen atoms in total. The topological polar surface area (TPSA) is 115 Å². The molecule has 1 aromatic heterocycles. The van der Waals surface area contributed by atoms with Gasteiger partial charge in [0.15, 0.2) is 9.84 Å². The van der Waals surface area contributed by atoms with Gasteiger partial charge in [-0.05, 0) is 6.42 Å². The number of primary amides is 1. The maximum absolute atomic E-state index is 12.0. The predicted octanol–water partition coefficient (Wildman–Crippen LogP) is 1.04. The van der Waals surface area contributed by atoms with Gasteiger partial charge in [-0.15, -0.1) is 11.3 Å². The summed E-state index contributed by atoms with van der Waals surface area (Å²) in [5, 5.41) is 3.36. The lowest BCUT2D eigenvalue weighted by atomic mass is 10.4. The lowest BCUT2D eigenvalue weighted by molar-refractivity contribution is 0.100. The molecule has 102 valence electrons. The van der Waals surface area contributed by atoms with Crippen LogP contribution in [0.2, 0.25) is 0 Å². The lowest BCUT2D eigenvalue weighted by Gasteiger charge is -2.06. The summed E-state index contributed by atoms with van der Waals surface area (Å²) in [6, 6.07) is 0. The molecule has 0 atom stereocenters. The molecule has 1 rings (SSSR count). The Balaban J connectivity index is 3.41. The van der Waals surface area contributed by atoms with E-state index >= 15 is 0 Å². The summed E-state index contributed by atoms with van der Waals surface area (Å²) in [7, 11) is -3.49. The van der Waals surface area contributed by atoms with Crippen molar-refractivity contribution >= 4 is 37.8 Å². The molecule has 0 spiro atoms. The van der Waals surface area contributed by atoms with Crippen LogP contribution in [0.25, 0.3) is 0 Å². The normalized spacial score (nSPS) is 11.4. The fourth-order valence-corrected chi connectivity index (χ4v) is 3.96. The molecule has 0 bridgehead atoms. The Kier molecular flexibility index (Phi) is 4.58. The highest BCUT2D eigenvalue weighted by molar-refractivity contribution is 7.91. The molecule has 0 saturated heterocycles. The van der Waals surface area contributed by atoms with Gasteiger partial charge in [0, 0.05) is 6.54 Å². The van der Waals surface area contributed by atoms with E-state index in [0.29, 0.717) is 11.5 Å². The number of thiophene rings is 1. The molecule has 1 aromatic rings. The van der Waals surface area contributed by atoms with Crippen LogP contribution in [0.4, 0.5) is 10.7 Å². The number of carbonyl (C=O) groups excluding carboxylic acids is 1. The summed E-state index contributed by atoms with van der Waals surface area (Å²) in [5.74, 6) is -0.790. The smallest absolute Gasteiger partial charge is 0.261 e. The van der Waals surface area contributed by atoms with Crippen LogP contribution < -0.4 is 16.8 Å². The minimum Gasteiger partial charge on any atom is -0.396 e. The largest absolute Gasteiger partial charge is 0.396 e. The summed E-state index contributed by atoms with van der Waals surface area (Å²) in [4.78, 5) is 11.3. The average Bonchev–Trinajstić information content (AvgIpc) is 2.64. The summed E-state index contributed by atoms with van der Waals surface area (Å²) in [6.07, 6.45) is 0.829. The van der Waals surface area contributed by atoms with E-state index in [0.717, 1.165) is 17.8 Å². The molecular weight excluding hydrogens is 274 g/mol. The predicted molar refractivity (Wildman–Crippen MR) is 73.8 cm³/mol. The van der Waals surface area contributed by atoms with Crippen molar-refractivity contribution in [3.05, 3.63) is 4.88 Å². The first-order valence-electron chi connectivity index (χ1n) is 5.53. The molecule has 0 saturated carbocycles. The van der Waals surface area contributed by atoms with Crippen molar-refractivity contribution < 1.29 is 13.2 Å².